The topological polar surface area (TPSA) is 131 Å². The van der Waals surface area contributed by atoms with Gasteiger partial charge in [0.1, 0.15) is 18.1 Å². The minimum Gasteiger partial charge on any atom is -0.382 e. The molecule has 10 nitrogen and oxygen atoms in total. The number of carbonyl (C=O) groups excluding carboxylic acids is 1. The first-order valence-electron chi connectivity index (χ1n) is 20.9. The smallest absolute Gasteiger partial charge is 0.328 e. The van der Waals surface area contributed by atoms with Crippen LogP contribution < -0.4 is 5.73 Å². The Morgan fingerprint density at radius 2 is 1.78 bits per heavy atom. The summed E-state index contributed by atoms with van der Waals surface area (Å²) in [5.74, 6) is 2.79. The number of ether oxygens (including phenoxy) is 1. The lowest BCUT2D eigenvalue weighted by atomic mass is 9.43. The van der Waals surface area contributed by atoms with Gasteiger partial charge in [-0.25, -0.2) is 15.0 Å². The zero-order valence-corrected chi connectivity index (χ0v) is 35.8. The molecule has 11 heteroatoms. The van der Waals surface area contributed by atoms with E-state index in [1.54, 1.807) is 13.0 Å². The van der Waals surface area contributed by atoms with E-state index in [9.17, 15) is 9.36 Å². The van der Waals surface area contributed by atoms with Gasteiger partial charge in [-0.05, 0) is 109 Å². The predicted octanol–water partition coefficient (Wildman–Crippen LogP) is 10.0. The molecule has 1 saturated heterocycles. The zero-order chi connectivity index (χ0) is 39.2. The van der Waals surface area contributed by atoms with Crippen molar-refractivity contribution >= 4 is 30.4 Å². The monoisotopic (exact) mass is 765 g/mol. The van der Waals surface area contributed by atoms with Crippen molar-refractivity contribution in [1.82, 2.24) is 19.5 Å². The van der Waals surface area contributed by atoms with Crippen LogP contribution in [0.2, 0.25) is 0 Å². The van der Waals surface area contributed by atoms with Gasteiger partial charge in [0, 0.05) is 18.5 Å². The highest BCUT2D eigenvalue weighted by Gasteiger charge is 2.65. The van der Waals surface area contributed by atoms with Gasteiger partial charge in [0.05, 0.1) is 25.1 Å². The number of hydrogen-bond acceptors (Lipinski definition) is 9. The Hall–Kier alpha value is -2.13. The lowest BCUT2D eigenvalue weighted by Crippen LogP contribution is -2.55. The second-order valence-corrected chi connectivity index (χ2v) is 22.5. The molecule has 0 aromatic carbocycles. The number of hydrogen-bond donors (Lipinski definition) is 1. The van der Waals surface area contributed by atoms with Gasteiger partial charge in [0.2, 0.25) is 0 Å². The van der Waals surface area contributed by atoms with E-state index >= 15 is 0 Å². The van der Waals surface area contributed by atoms with Crippen LogP contribution in [0.15, 0.2) is 24.3 Å². The van der Waals surface area contributed by atoms with E-state index in [0.717, 1.165) is 51.4 Å². The van der Waals surface area contributed by atoms with Crippen molar-refractivity contribution in [2.24, 2.45) is 63.1 Å². The van der Waals surface area contributed by atoms with E-state index in [4.69, 9.17) is 19.5 Å². The quantitative estimate of drug-likeness (QED) is 0.235. The largest absolute Gasteiger partial charge is 0.382 e. The van der Waals surface area contributed by atoms with Crippen LogP contribution in [0.25, 0.3) is 11.2 Å². The molecule has 4 aliphatic carbocycles. The number of nitrogens with zero attached hydrogens (tertiary/aromatic N) is 4. The lowest BCUT2D eigenvalue weighted by molar-refractivity contribution is -0.132. The molecule has 7 rings (SSSR count). The molecule has 0 spiro atoms. The van der Waals surface area contributed by atoms with E-state index in [2.05, 4.69) is 90.3 Å². The summed E-state index contributed by atoms with van der Waals surface area (Å²) < 4.78 is 35.9. The van der Waals surface area contributed by atoms with E-state index in [1.807, 2.05) is 4.57 Å². The molecule has 14 atom stereocenters. The van der Waals surface area contributed by atoms with Crippen LogP contribution in [-0.2, 0) is 23.1 Å². The molecule has 1 aliphatic heterocycles. The van der Waals surface area contributed by atoms with E-state index < -0.39 is 7.60 Å². The maximum Gasteiger partial charge on any atom is 0.328 e. The first-order chi connectivity index (χ1) is 25.2. The van der Waals surface area contributed by atoms with Crippen LogP contribution in [0.4, 0.5) is 5.82 Å². The maximum atomic E-state index is 14.4. The minimum atomic E-state index is -3.48. The Morgan fingerprint density at radius 1 is 1.04 bits per heavy atom. The van der Waals surface area contributed by atoms with Gasteiger partial charge in [-0.1, -0.05) is 81.2 Å². The van der Waals surface area contributed by atoms with E-state index in [0.29, 0.717) is 40.5 Å². The molecule has 2 aromatic heterocycles. The summed E-state index contributed by atoms with van der Waals surface area (Å²) in [5.41, 5.74) is 8.84. The molecule has 0 amide bonds. The molecule has 0 radical (unpaired) electrons. The molecule has 4 fully saturated rings. The van der Waals surface area contributed by atoms with Crippen LogP contribution in [0.1, 0.15) is 133 Å². The summed E-state index contributed by atoms with van der Waals surface area (Å²) in [5, 5.41) is 0. The highest BCUT2D eigenvalue weighted by atomic mass is 31.2. The summed E-state index contributed by atoms with van der Waals surface area (Å²) in [7, 11) is -3.48. The average molecular weight is 766 g/mol. The highest BCUT2D eigenvalue weighted by Crippen LogP contribution is 2.72. The maximum absolute atomic E-state index is 14.4. The average Bonchev–Trinajstić information content (AvgIpc) is 3.74. The third kappa shape index (κ3) is 6.75. The Labute approximate surface area is 324 Å². The Bertz CT molecular complexity index is 1820. The summed E-state index contributed by atoms with van der Waals surface area (Å²) >= 11 is 0. The SMILES string of the molecule is CC1[C@@H](C)[C@@H](COP(C)(=O)O[C@H](CCC(C)(C)C)[C@@H](C)[C@H]2CC[C@@]3(C)C4=CC(=O)[C@@H]5C[C@@H](C)CC[C@]5(C)C4CC[C@]23C)O[C@H]1n1cnc2c(N)ncnc21. The molecule has 54 heavy (non-hydrogen) atoms. The Kier molecular flexibility index (Phi) is 10.4. The van der Waals surface area contributed by atoms with Crippen molar-refractivity contribution in [2.75, 3.05) is 19.0 Å². The molecule has 3 saturated carbocycles. The van der Waals surface area contributed by atoms with Crippen LogP contribution >= 0.6 is 7.60 Å². The third-order valence-electron chi connectivity index (χ3n) is 16.1. The third-order valence-corrected chi connectivity index (χ3v) is 17.4. The lowest BCUT2D eigenvalue weighted by Gasteiger charge is -2.61. The number of fused-ring (bicyclic) bond motifs is 6. The van der Waals surface area contributed by atoms with Crippen molar-refractivity contribution in [3.8, 4) is 0 Å². The number of aromatic nitrogens is 4. The molecule has 2 aromatic rings. The fourth-order valence-electron chi connectivity index (χ4n) is 12.1. The molecule has 300 valence electrons. The number of rotatable bonds is 10. The number of imidazole rings is 1. The number of ketones is 1. The van der Waals surface area contributed by atoms with Crippen molar-refractivity contribution in [3.05, 3.63) is 24.3 Å². The van der Waals surface area contributed by atoms with Crippen LogP contribution in [0.5, 0.6) is 0 Å². The van der Waals surface area contributed by atoms with Crippen molar-refractivity contribution < 1.29 is 23.1 Å². The van der Waals surface area contributed by atoms with Crippen molar-refractivity contribution in [3.63, 3.8) is 0 Å². The molecule has 0 bridgehead atoms. The van der Waals surface area contributed by atoms with Gasteiger partial charge in [0.15, 0.2) is 17.2 Å². The highest BCUT2D eigenvalue weighted by molar-refractivity contribution is 7.53. The fraction of sp³-hybridized carbons (Fsp3) is 0.814. The number of allylic oxidation sites excluding steroid dienone is 2. The molecular weight excluding hydrogens is 697 g/mol. The molecule has 3 heterocycles. The fourth-order valence-corrected chi connectivity index (χ4v) is 13.4. The van der Waals surface area contributed by atoms with Crippen LogP contribution in [0.3, 0.4) is 0 Å². The van der Waals surface area contributed by atoms with Gasteiger partial charge >= 0.3 is 7.60 Å². The van der Waals surface area contributed by atoms with Gasteiger partial charge in [0.25, 0.3) is 0 Å². The normalized spacial score (nSPS) is 40.4. The standard InChI is InChI=1S/C43H68N5O5P/c1-25-12-17-41(8)30-14-19-42(9)29(13-18-43(42,10)31(30)21-33(49)32(41)20-25)28(4)34(15-16-40(5,6)7)53-54(11,50)51-22-35-26(2)27(3)39(52-35)48-24-47-36-37(44)45-23-46-38(36)48/h21,23-30,32,34-35,39H,12-20,22H2,1-11H3,(H2,44,45,46)/t25-,26+,27?,28-,29+,30?,32-,34+,35+,39+,41+,42+,43-,54?/m0/s1. The van der Waals surface area contributed by atoms with Gasteiger partial charge < -0.3 is 19.5 Å². The first kappa shape index (κ1) is 40.1. The van der Waals surface area contributed by atoms with Crippen molar-refractivity contribution in [1.29, 1.82) is 0 Å². The molecule has 2 N–H and O–H groups in total. The summed E-state index contributed by atoms with van der Waals surface area (Å²) in [4.78, 5) is 26.9. The summed E-state index contributed by atoms with van der Waals surface area (Å²) in [6.45, 7) is 25.0. The Morgan fingerprint density at radius 3 is 2.50 bits per heavy atom. The second kappa shape index (κ2) is 14.1. The molecule has 3 unspecified atom stereocenters. The number of anilines is 1. The minimum absolute atomic E-state index is 0.0213. The van der Waals surface area contributed by atoms with Crippen molar-refractivity contribution in [2.45, 2.75) is 145 Å². The summed E-state index contributed by atoms with van der Waals surface area (Å²) in [6.07, 6.45) is 14.1. The Balaban J connectivity index is 1.07. The van der Waals surface area contributed by atoms with Crippen LogP contribution in [-0.4, -0.2) is 50.8 Å². The van der Waals surface area contributed by atoms with E-state index in [-0.39, 0.29) is 70.4 Å². The molecular formula is C43H68N5O5P. The predicted molar refractivity (Wildman–Crippen MR) is 214 cm³/mol. The van der Waals surface area contributed by atoms with Crippen LogP contribution in [0, 0.1) is 63.1 Å². The van der Waals surface area contributed by atoms with Gasteiger partial charge in [-0.15, -0.1) is 0 Å². The first-order valence-corrected chi connectivity index (χ1v) is 22.9. The zero-order valence-electron chi connectivity index (χ0n) is 34.9. The number of carbonyl (C=O) groups is 1. The van der Waals surface area contributed by atoms with E-state index in [1.165, 1.54) is 18.3 Å². The molecule has 5 aliphatic rings. The van der Waals surface area contributed by atoms with Gasteiger partial charge in [-0.3, -0.25) is 13.9 Å². The van der Waals surface area contributed by atoms with Gasteiger partial charge in [-0.2, -0.15) is 0 Å². The number of nitrogens with two attached hydrogens (primary N) is 1. The second-order valence-electron chi connectivity index (χ2n) is 20.5. The number of nitrogen functional groups attached to an aromatic ring is 1. The summed E-state index contributed by atoms with van der Waals surface area (Å²) in [6, 6.07) is 0.